The molecule has 2 aromatic carbocycles. The second-order valence-electron chi connectivity index (χ2n) is 11.7. The summed E-state index contributed by atoms with van der Waals surface area (Å²) in [5, 5.41) is 7.82. The molecule has 0 atom stereocenters. The van der Waals surface area contributed by atoms with Crippen LogP contribution in [0.5, 0.6) is 0 Å². The molecule has 1 aliphatic rings. The molecule has 1 aliphatic heterocycles. The molecule has 1 fully saturated rings. The van der Waals surface area contributed by atoms with Crippen LogP contribution in [0.2, 0.25) is 0 Å². The zero-order chi connectivity index (χ0) is 32.2. The molecule has 4 aromatic heterocycles. The summed E-state index contributed by atoms with van der Waals surface area (Å²) < 4.78 is 80.7. The van der Waals surface area contributed by atoms with Crippen LogP contribution in [0.3, 0.4) is 0 Å². The van der Waals surface area contributed by atoms with Crippen LogP contribution in [0.1, 0.15) is 17.5 Å². The number of nitrogens with one attached hydrogen (secondary N) is 2. The SMILES string of the molecule is CS(=O)(=O)CCc1cc(F)cc(-c2nccc3[nH]c(-c4n[nH]c5cc(F)c(-c6cncc(CN7CCC(F)(F)C7)c6)cc45)nc23)c1. The Morgan fingerprint density at radius 1 is 0.978 bits per heavy atom. The van der Waals surface area contributed by atoms with Gasteiger partial charge >= 0.3 is 0 Å². The minimum atomic E-state index is -3.24. The van der Waals surface area contributed by atoms with Gasteiger partial charge in [0.25, 0.3) is 5.92 Å². The number of H-pyrrole nitrogens is 2. The Balaban J connectivity index is 1.24. The Labute approximate surface area is 260 Å². The maximum atomic E-state index is 15.4. The number of benzene rings is 2. The smallest absolute Gasteiger partial charge is 0.261 e. The molecule has 236 valence electrons. The number of nitrogens with zero attached hydrogens (tertiary/aromatic N) is 5. The number of aromatic nitrogens is 6. The molecule has 0 saturated carbocycles. The van der Waals surface area contributed by atoms with Crippen molar-refractivity contribution in [2.75, 3.05) is 25.1 Å². The lowest BCUT2D eigenvalue weighted by molar-refractivity contribution is 0.0115. The Hall–Kier alpha value is -4.69. The van der Waals surface area contributed by atoms with Crippen LogP contribution in [0.4, 0.5) is 17.6 Å². The third kappa shape index (κ3) is 6.09. The molecule has 0 amide bonds. The highest BCUT2D eigenvalue weighted by Gasteiger charge is 2.38. The number of pyridine rings is 2. The monoisotopic (exact) mass is 649 g/mol. The van der Waals surface area contributed by atoms with Gasteiger partial charge in [0.05, 0.1) is 29.0 Å². The van der Waals surface area contributed by atoms with Gasteiger partial charge in [-0.25, -0.2) is 31.0 Å². The Morgan fingerprint density at radius 2 is 1.80 bits per heavy atom. The fourth-order valence-electron chi connectivity index (χ4n) is 5.85. The maximum Gasteiger partial charge on any atom is 0.261 e. The molecular weight excluding hydrogens is 622 g/mol. The van der Waals surface area contributed by atoms with Crippen LogP contribution in [0.25, 0.3) is 55.8 Å². The molecule has 14 heteroatoms. The fourth-order valence-corrected chi connectivity index (χ4v) is 6.46. The van der Waals surface area contributed by atoms with Gasteiger partial charge in [0.15, 0.2) is 5.82 Å². The normalized spacial score (nSPS) is 15.3. The quantitative estimate of drug-likeness (QED) is 0.196. The number of halogens is 4. The average Bonchev–Trinajstić information content (AvgIpc) is 3.70. The van der Waals surface area contributed by atoms with E-state index < -0.39 is 27.4 Å². The topological polar surface area (TPSA) is 121 Å². The van der Waals surface area contributed by atoms with E-state index in [-0.39, 0.29) is 43.8 Å². The van der Waals surface area contributed by atoms with Crippen LogP contribution >= 0.6 is 0 Å². The summed E-state index contributed by atoms with van der Waals surface area (Å²) in [6.45, 7) is 0.222. The number of hydrogen-bond donors (Lipinski definition) is 2. The van der Waals surface area contributed by atoms with Gasteiger partial charge < -0.3 is 4.98 Å². The highest BCUT2D eigenvalue weighted by molar-refractivity contribution is 7.90. The summed E-state index contributed by atoms with van der Waals surface area (Å²) in [5.74, 6) is -3.51. The molecule has 9 nitrogen and oxygen atoms in total. The van der Waals surface area contributed by atoms with Gasteiger partial charge in [0.2, 0.25) is 0 Å². The number of aromatic amines is 2. The molecular formula is C32H27F4N7O2S. The molecule has 2 N–H and O–H groups in total. The van der Waals surface area contributed by atoms with Crippen molar-refractivity contribution in [2.24, 2.45) is 0 Å². The predicted molar refractivity (Wildman–Crippen MR) is 166 cm³/mol. The standard InChI is InChI=1S/C32H27F4N7O2S/c1-46(44,45)7-3-18-8-20(11-22(33)10-18)28-30-26(2-5-38-28)39-31(40-30)29-24-12-23(25(34)13-27(24)41-42-29)21-9-19(14-37-15-21)16-43-6-4-32(35,36)17-43/h2,5,8-15H,3-4,6-7,16-17H2,1H3,(H,39,40)(H,41,42). The summed E-state index contributed by atoms with van der Waals surface area (Å²) in [7, 11) is -3.24. The number of imidazole rings is 1. The fraction of sp³-hybridized carbons (Fsp3) is 0.250. The van der Waals surface area contributed by atoms with Gasteiger partial charge in [0.1, 0.15) is 32.7 Å². The van der Waals surface area contributed by atoms with E-state index in [2.05, 4.69) is 25.1 Å². The summed E-state index contributed by atoms with van der Waals surface area (Å²) >= 11 is 0. The number of likely N-dealkylation sites (tertiary alicyclic amines) is 1. The van der Waals surface area contributed by atoms with Crippen LogP contribution in [0, 0.1) is 11.6 Å². The number of fused-ring (bicyclic) bond motifs is 2. The molecule has 1 saturated heterocycles. The van der Waals surface area contributed by atoms with E-state index in [0.717, 1.165) is 6.26 Å². The van der Waals surface area contributed by atoms with Crippen molar-refractivity contribution in [2.45, 2.75) is 25.3 Å². The van der Waals surface area contributed by atoms with E-state index in [1.165, 1.54) is 24.4 Å². The number of sulfone groups is 1. The van der Waals surface area contributed by atoms with Crippen molar-refractivity contribution in [1.82, 2.24) is 35.0 Å². The van der Waals surface area contributed by atoms with Crippen molar-refractivity contribution in [1.29, 1.82) is 0 Å². The molecule has 0 radical (unpaired) electrons. The predicted octanol–water partition coefficient (Wildman–Crippen LogP) is 5.94. The minimum absolute atomic E-state index is 0.118. The summed E-state index contributed by atoms with van der Waals surface area (Å²) in [5.41, 5.74) is 4.67. The van der Waals surface area contributed by atoms with Gasteiger partial charge in [-0.05, 0) is 53.9 Å². The van der Waals surface area contributed by atoms with Crippen LogP contribution in [-0.4, -0.2) is 74.5 Å². The van der Waals surface area contributed by atoms with Gasteiger partial charge in [-0.3, -0.25) is 20.0 Å². The Bertz CT molecular complexity index is 2230. The van der Waals surface area contributed by atoms with Crippen molar-refractivity contribution < 1.29 is 26.0 Å². The van der Waals surface area contributed by atoms with Crippen LogP contribution in [-0.2, 0) is 22.8 Å². The molecule has 6 aromatic rings. The summed E-state index contributed by atoms with van der Waals surface area (Å²) in [4.78, 5) is 18.3. The second kappa shape index (κ2) is 11.3. The second-order valence-corrected chi connectivity index (χ2v) is 14.0. The lowest BCUT2D eigenvalue weighted by Gasteiger charge is -2.16. The summed E-state index contributed by atoms with van der Waals surface area (Å²) in [6.07, 6.45) is 5.76. The largest absolute Gasteiger partial charge is 0.336 e. The van der Waals surface area contributed by atoms with Gasteiger partial charge in [-0.15, -0.1) is 0 Å². The molecule has 7 rings (SSSR count). The first-order chi connectivity index (χ1) is 21.9. The van der Waals surface area contributed by atoms with E-state index >= 15 is 4.39 Å². The van der Waals surface area contributed by atoms with Crippen molar-refractivity contribution in [3.8, 4) is 33.9 Å². The van der Waals surface area contributed by atoms with Crippen molar-refractivity contribution in [3.63, 3.8) is 0 Å². The first-order valence-electron chi connectivity index (χ1n) is 14.5. The molecule has 0 aliphatic carbocycles. The van der Waals surface area contributed by atoms with Crippen molar-refractivity contribution >= 4 is 31.8 Å². The van der Waals surface area contributed by atoms with Gasteiger partial charge in [-0.2, -0.15) is 5.10 Å². The number of hydrogen-bond acceptors (Lipinski definition) is 7. The van der Waals surface area contributed by atoms with Gasteiger partial charge in [0, 0.05) is 72.5 Å². The highest BCUT2D eigenvalue weighted by atomic mass is 32.2. The average molecular weight is 650 g/mol. The van der Waals surface area contributed by atoms with E-state index in [4.69, 9.17) is 4.98 Å². The van der Waals surface area contributed by atoms with Crippen LogP contribution in [0.15, 0.2) is 61.1 Å². The minimum Gasteiger partial charge on any atom is -0.336 e. The highest BCUT2D eigenvalue weighted by Crippen LogP contribution is 2.35. The third-order valence-corrected chi connectivity index (χ3v) is 8.97. The van der Waals surface area contributed by atoms with Gasteiger partial charge in [-0.1, -0.05) is 0 Å². The lowest BCUT2D eigenvalue weighted by Crippen LogP contribution is -2.24. The molecule has 0 bridgehead atoms. The number of aryl methyl sites for hydroxylation is 1. The zero-order valence-corrected chi connectivity index (χ0v) is 25.3. The maximum absolute atomic E-state index is 15.4. The zero-order valence-electron chi connectivity index (χ0n) is 24.5. The van der Waals surface area contributed by atoms with Crippen LogP contribution < -0.4 is 0 Å². The number of alkyl halides is 2. The lowest BCUT2D eigenvalue weighted by atomic mass is 10.0. The van der Waals surface area contributed by atoms with E-state index in [1.807, 2.05) is 0 Å². The third-order valence-electron chi connectivity index (χ3n) is 8.03. The first-order valence-corrected chi connectivity index (χ1v) is 16.5. The Kier molecular flexibility index (Phi) is 7.35. The molecule has 0 spiro atoms. The first kappa shape index (κ1) is 30.0. The molecule has 5 heterocycles. The molecule has 0 unspecified atom stereocenters. The van der Waals surface area contributed by atoms with E-state index in [1.54, 1.807) is 41.6 Å². The Morgan fingerprint density at radius 3 is 2.59 bits per heavy atom. The summed E-state index contributed by atoms with van der Waals surface area (Å²) in [6, 6.07) is 10.7. The molecule has 46 heavy (non-hydrogen) atoms. The van der Waals surface area contributed by atoms with Crippen molar-refractivity contribution in [3.05, 3.63) is 83.8 Å². The number of rotatable bonds is 8. The van der Waals surface area contributed by atoms with E-state index in [0.29, 0.717) is 61.4 Å². The van der Waals surface area contributed by atoms with E-state index in [9.17, 15) is 21.6 Å².